The van der Waals surface area contributed by atoms with Crippen molar-refractivity contribution in [2.75, 3.05) is 6.26 Å². The van der Waals surface area contributed by atoms with Gasteiger partial charge in [0.05, 0.1) is 17.6 Å². The Kier molecular flexibility index (Phi) is 3.02. The second-order valence-electron chi connectivity index (χ2n) is 4.59. The van der Waals surface area contributed by atoms with Crippen LogP contribution in [0.25, 0.3) is 0 Å². The Morgan fingerprint density at radius 1 is 1.22 bits per heavy atom. The van der Waals surface area contributed by atoms with Gasteiger partial charge < -0.3 is 4.74 Å². The average molecular weight is 266 g/mol. The van der Waals surface area contributed by atoms with E-state index in [0.29, 0.717) is 0 Å². The van der Waals surface area contributed by atoms with Crippen LogP contribution in [0, 0.1) is 0 Å². The van der Waals surface area contributed by atoms with E-state index >= 15 is 0 Å². The smallest absolute Gasteiger partial charge is 0.175 e. The molecule has 0 fully saturated rings. The maximum atomic E-state index is 11.4. The predicted octanol–water partition coefficient (Wildman–Crippen LogP) is 1.81. The number of allylic oxidation sites excluding steroid dienone is 1. The van der Waals surface area contributed by atoms with Gasteiger partial charge in [0.2, 0.25) is 0 Å². The first-order valence-corrected chi connectivity index (χ1v) is 7.38. The molecule has 0 amide bonds. The summed E-state index contributed by atoms with van der Waals surface area (Å²) in [6, 6.07) is 6.43. The van der Waals surface area contributed by atoms with Gasteiger partial charge in [-0.1, -0.05) is 12.1 Å². The second-order valence-corrected chi connectivity index (χ2v) is 6.61. The van der Waals surface area contributed by atoms with Gasteiger partial charge in [-0.2, -0.15) is 0 Å². The lowest BCUT2D eigenvalue weighted by Crippen LogP contribution is -2.29. The van der Waals surface area contributed by atoms with Crippen LogP contribution >= 0.6 is 0 Å². The molecular weight excluding hydrogens is 252 g/mol. The summed E-state index contributed by atoms with van der Waals surface area (Å²) in [7, 11) is -3.20. The molecule has 1 aliphatic heterocycles. The quantitative estimate of drug-likeness (QED) is 0.819. The zero-order valence-corrected chi connectivity index (χ0v) is 11.0. The number of rotatable bonds is 2. The largest absolute Gasteiger partial charge is 0.490 e. The van der Waals surface area contributed by atoms with Crippen molar-refractivity contribution < 1.29 is 17.9 Å². The summed E-state index contributed by atoms with van der Waals surface area (Å²) in [4.78, 5) is 11.7. The minimum atomic E-state index is -3.20. The average Bonchev–Trinajstić information content (AvgIpc) is 2.28. The first-order chi connectivity index (χ1) is 8.31. The monoisotopic (exact) mass is 266 g/mol. The van der Waals surface area contributed by atoms with Gasteiger partial charge in [0.1, 0.15) is 5.60 Å². The summed E-state index contributed by atoms with van der Waals surface area (Å²) in [5.74, 6) is -0.00376. The third-order valence-corrected chi connectivity index (χ3v) is 4.12. The van der Waals surface area contributed by atoms with E-state index < -0.39 is 15.4 Å². The summed E-state index contributed by atoms with van der Waals surface area (Å²) < 4.78 is 28.2. The fraction of sp³-hybridized carbons (Fsp3) is 0.308. The standard InChI is InChI=1S/C13H14O4S/c1-13(9-11(14)7-8-17-13)10-3-5-12(6-4-10)18(2,15)16/h3-8H,9H2,1-2H3. The number of benzene rings is 1. The summed E-state index contributed by atoms with van der Waals surface area (Å²) in [5, 5.41) is 0. The highest BCUT2D eigenvalue weighted by atomic mass is 32.2. The van der Waals surface area contributed by atoms with Gasteiger partial charge in [-0.05, 0) is 24.6 Å². The summed E-state index contributed by atoms with van der Waals surface area (Å²) in [5.41, 5.74) is 0.0644. The molecule has 5 heteroatoms. The van der Waals surface area contributed by atoms with Crippen LogP contribution < -0.4 is 0 Å². The van der Waals surface area contributed by atoms with E-state index in [4.69, 9.17) is 4.74 Å². The van der Waals surface area contributed by atoms with E-state index in [-0.39, 0.29) is 17.1 Å². The number of ether oxygens (including phenoxy) is 1. The highest BCUT2D eigenvalue weighted by Crippen LogP contribution is 2.32. The molecule has 0 aliphatic carbocycles. The lowest BCUT2D eigenvalue weighted by Gasteiger charge is -2.31. The van der Waals surface area contributed by atoms with Gasteiger partial charge >= 0.3 is 0 Å². The Hall–Kier alpha value is -1.62. The van der Waals surface area contributed by atoms with Crippen molar-refractivity contribution in [1.29, 1.82) is 0 Å². The van der Waals surface area contributed by atoms with E-state index in [1.54, 1.807) is 12.1 Å². The Morgan fingerprint density at radius 2 is 1.83 bits per heavy atom. The van der Waals surface area contributed by atoms with Crippen molar-refractivity contribution >= 4 is 15.6 Å². The molecule has 0 radical (unpaired) electrons. The molecule has 4 nitrogen and oxygen atoms in total. The third-order valence-electron chi connectivity index (χ3n) is 2.99. The molecule has 0 N–H and O–H groups in total. The van der Waals surface area contributed by atoms with Crippen LogP contribution in [0.5, 0.6) is 0 Å². The molecule has 96 valence electrons. The Labute approximate surface area is 106 Å². The molecule has 2 rings (SSSR count). The van der Waals surface area contributed by atoms with Crippen LogP contribution in [0.15, 0.2) is 41.5 Å². The molecule has 18 heavy (non-hydrogen) atoms. The number of carbonyl (C=O) groups is 1. The lowest BCUT2D eigenvalue weighted by molar-refractivity contribution is -0.122. The van der Waals surface area contributed by atoms with Crippen molar-refractivity contribution in [1.82, 2.24) is 0 Å². The third kappa shape index (κ3) is 2.46. The maximum Gasteiger partial charge on any atom is 0.175 e. The van der Waals surface area contributed by atoms with Crippen LogP contribution in [0.3, 0.4) is 0 Å². The van der Waals surface area contributed by atoms with E-state index in [1.165, 1.54) is 24.5 Å². The molecule has 1 atom stereocenters. The van der Waals surface area contributed by atoms with E-state index in [1.807, 2.05) is 6.92 Å². The van der Waals surface area contributed by atoms with Crippen LogP contribution in [-0.4, -0.2) is 20.5 Å². The van der Waals surface area contributed by atoms with Crippen LogP contribution in [-0.2, 0) is 25.0 Å². The first-order valence-electron chi connectivity index (χ1n) is 5.49. The molecule has 0 saturated carbocycles. The molecule has 0 saturated heterocycles. The number of carbonyl (C=O) groups excluding carboxylic acids is 1. The summed E-state index contributed by atoms with van der Waals surface area (Å²) >= 11 is 0. The zero-order valence-electron chi connectivity index (χ0n) is 10.2. The minimum Gasteiger partial charge on any atom is -0.490 e. The van der Waals surface area contributed by atoms with Gasteiger partial charge in [0.15, 0.2) is 15.6 Å². The van der Waals surface area contributed by atoms with Gasteiger partial charge in [-0.3, -0.25) is 4.79 Å². The Bertz CT molecular complexity index is 598. The zero-order chi connectivity index (χ0) is 13.4. The SMILES string of the molecule is CC1(c2ccc(S(C)(=O)=O)cc2)CC(=O)C=CO1. The fourth-order valence-corrected chi connectivity index (χ4v) is 2.55. The Morgan fingerprint density at radius 3 is 2.33 bits per heavy atom. The minimum absolute atomic E-state index is 0.00376. The van der Waals surface area contributed by atoms with E-state index in [9.17, 15) is 13.2 Å². The second kappa shape index (κ2) is 4.24. The van der Waals surface area contributed by atoms with Gasteiger partial charge in [0, 0.05) is 12.3 Å². The highest BCUT2D eigenvalue weighted by Gasteiger charge is 2.32. The molecule has 1 aliphatic rings. The van der Waals surface area contributed by atoms with Gasteiger partial charge in [-0.25, -0.2) is 8.42 Å². The topological polar surface area (TPSA) is 60.4 Å². The van der Waals surface area contributed by atoms with Crippen molar-refractivity contribution in [3.05, 3.63) is 42.2 Å². The molecule has 1 heterocycles. The molecule has 1 aromatic carbocycles. The first kappa shape index (κ1) is 12.8. The summed E-state index contributed by atoms with van der Waals surface area (Å²) in [6.07, 6.45) is 4.19. The van der Waals surface area contributed by atoms with Crippen molar-refractivity contribution in [3.8, 4) is 0 Å². The van der Waals surface area contributed by atoms with Crippen molar-refractivity contribution in [2.24, 2.45) is 0 Å². The number of hydrogen-bond acceptors (Lipinski definition) is 4. The number of sulfone groups is 1. The summed E-state index contributed by atoms with van der Waals surface area (Å²) in [6.45, 7) is 1.81. The number of hydrogen-bond donors (Lipinski definition) is 0. The van der Waals surface area contributed by atoms with Crippen LogP contribution in [0.1, 0.15) is 18.9 Å². The molecule has 0 spiro atoms. The van der Waals surface area contributed by atoms with Crippen molar-refractivity contribution in [2.45, 2.75) is 23.8 Å². The maximum absolute atomic E-state index is 11.4. The Balaban J connectivity index is 2.35. The van der Waals surface area contributed by atoms with Gasteiger partial charge in [0.25, 0.3) is 0 Å². The predicted molar refractivity (Wildman–Crippen MR) is 66.8 cm³/mol. The fourth-order valence-electron chi connectivity index (χ4n) is 1.92. The van der Waals surface area contributed by atoms with Crippen LogP contribution in [0.4, 0.5) is 0 Å². The normalized spacial score (nSPS) is 23.8. The lowest BCUT2D eigenvalue weighted by atomic mass is 9.89. The molecule has 1 aromatic rings. The van der Waals surface area contributed by atoms with E-state index in [0.717, 1.165) is 11.8 Å². The molecule has 0 bridgehead atoms. The number of ketones is 1. The highest BCUT2D eigenvalue weighted by molar-refractivity contribution is 7.90. The van der Waals surface area contributed by atoms with Crippen molar-refractivity contribution in [3.63, 3.8) is 0 Å². The molecular formula is C13H14O4S. The van der Waals surface area contributed by atoms with Gasteiger partial charge in [-0.15, -0.1) is 0 Å². The molecule has 1 unspecified atom stereocenters. The van der Waals surface area contributed by atoms with E-state index in [2.05, 4.69) is 0 Å². The molecule has 0 aromatic heterocycles. The van der Waals surface area contributed by atoms with Crippen LogP contribution in [0.2, 0.25) is 0 Å².